The summed E-state index contributed by atoms with van der Waals surface area (Å²) in [6.45, 7) is 2.93. The molecule has 0 atom stereocenters. The van der Waals surface area contributed by atoms with E-state index < -0.39 is 0 Å². The third kappa shape index (κ3) is 3.74. The number of hydrogen-bond donors (Lipinski definition) is 1. The van der Waals surface area contributed by atoms with Gasteiger partial charge in [0.1, 0.15) is 5.75 Å². The van der Waals surface area contributed by atoms with Crippen LogP contribution in [0.5, 0.6) is 5.75 Å². The molecular formula is C16H18BrNO. The summed E-state index contributed by atoms with van der Waals surface area (Å²) in [5, 5.41) is 3.44. The number of benzene rings is 2. The molecule has 100 valence electrons. The highest BCUT2D eigenvalue weighted by Crippen LogP contribution is 2.23. The Labute approximate surface area is 122 Å². The lowest BCUT2D eigenvalue weighted by Crippen LogP contribution is -2.01. The zero-order valence-corrected chi connectivity index (χ0v) is 12.8. The highest BCUT2D eigenvalue weighted by atomic mass is 79.9. The minimum Gasteiger partial charge on any atom is -0.497 e. The molecule has 0 fully saturated rings. The third-order valence-electron chi connectivity index (χ3n) is 3.07. The highest BCUT2D eigenvalue weighted by Gasteiger charge is 2.02. The van der Waals surface area contributed by atoms with Crippen molar-refractivity contribution in [2.24, 2.45) is 0 Å². The fraction of sp³-hybridized carbons (Fsp3) is 0.250. The van der Waals surface area contributed by atoms with E-state index in [1.54, 1.807) is 7.11 Å². The van der Waals surface area contributed by atoms with E-state index in [2.05, 4.69) is 52.4 Å². The molecule has 0 saturated heterocycles. The van der Waals surface area contributed by atoms with Crippen molar-refractivity contribution in [1.29, 1.82) is 0 Å². The van der Waals surface area contributed by atoms with E-state index >= 15 is 0 Å². The Hall–Kier alpha value is -1.48. The third-order valence-corrected chi connectivity index (χ3v) is 3.84. The maximum absolute atomic E-state index is 5.25. The summed E-state index contributed by atoms with van der Waals surface area (Å²) in [5.41, 5.74) is 3.67. The maximum atomic E-state index is 5.25. The SMILES string of the molecule is CCc1cccc(NCc2cc(OC)ccc2Br)c1. The van der Waals surface area contributed by atoms with Crippen molar-refractivity contribution in [1.82, 2.24) is 0 Å². The van der Waals surface area contributed by atoms with Crippen LogP contribution in [0.15, 0.2) is 46.9 Å². The van der Waals surface area contributed by atoms with Gasteiger partial charge < -0.3 is 10.1 Å². The molecule has 0 heterocycles. The summed E-state index contributed by atoms with van der Waals surface area (Å²) < 4.78 is 6.34. The molecule has 3 heteroatoms. The second-order valence-corrected chi connectivity index (χ2v) is 5.22. The number of nitrogens with one attached hydrogen (secondary N) is 1. The summed E-state index contributed by atoms with van der Waals surface area (Å²) in [6, 6.07) is 14.5. The van der Waals surface area contributed by atoms with Crippen LogP contribution >= 0.6 is 15.9 Å². The van der Waals surface area contributed by atoms with Crippen LogP contribution in [0, 0.1) is 0 Å². The topological polar surface area (TPSA) is 21.3 Å². The molecule has 0 aliphatic carbocycles. The van der Waals surface area contributed by atoms with E-state index in [4.69, 9.17) is 4.74 Å². The second kappa shape index (κ2) is 6.62. The predicted octanol–water partition coefficient (Wildman–Crippen LogP) is 4.63. The van der Waals surface area contributed by atoms with E-state index in [1.165, 1.54) is 11.1 Å². The second-order valence-electron chi connectivity index (χ2n) is 4.36. The van der Waals surface area contributed by atoms with Gasteiger partial charge in [-0.25, -0.2) is 0 Å². The van der Waals surface area contributed by atoms with Gasteiger partial charge in [-0.2, -0.15) is 0 Å². The van der Waals surface area contributed by atoms with Gasteiger partial charge in [0.15, 0.2) is 0 Å². The first-order valence-electron chi connectivity index (χ1n) is 6.38. The number of aryl methyl sites for hydroxylation is 1. The van der Waals surface area contributed by atoms with Gasteiger partial charge in [0.2, 0.25) is 0 Å². The van der Waals surface area contributed by atoms with Crippen LogP contribution in [0.4, 0.5) is 5.69 Å². The number of anilines is 1. The molecule has 0 spiro atoms. The fourth-order valence-corrected chi connectivity index (χ4v) is 2.30. The number of methoxy groups -OCH3 is 1. The van der Waals surface area contributed by atoms with Crippen molar-refractivity contribution in [3.8, 4) is 5.75 Å². The van der Waals surface area contributed by atoms with Crippen molar-refractivity contribution in [3.63, 3.8) is 0 Å². The van der Waals surface area contributed by atoms with Gasteiger partial charge in [0.05, 0.1) is 7.11 Å². The van der Waals surface area contributed by atoms with Gasteiger partial charge in [0.25, 0.3) is 0 Å². The van der Waals surface area contributed by atoms with E-state index in [0.717, 1.165) is 28.9 Å². The largest absolute Gasteiger partial charge is 0.497 e. The van der Waals surface area contributed by atoms with Crippen LogP contribution in [0.1, 0.15) is 18.1 Å². The zero-order valence-electron chi connectivity index (χ0n) is 11.2. The fourth-order valence-electron chi connectivity index (χ4n) is 1.91. The van der Waals surface area contributed by atoms with Crippen molar-refractivity contribution in [2.45, 2.75) is 19.9 Å². The van der Waals surface area contributed by atoms with Crippen molar-refractivity contribution in [3.05, 3.63) is 58.1 Å². The van der Waals surface area contributed by atoms with Crippen molar-refractivity contribution in [2.75, 3.05) is 12.4 Å². The smallest absolute Gasteiger partial charge is 0.119 e. The Morgan fingerprint density at radius 3 is 2.74 bits per heavy atom. The molecule has 2 aromatic rings. The molecule has 0 aliphatic rings. The van der Waals surface area contributed by atoms with Crippen LogP contribution < -0.4 is 10.1 Å². The van der Waals surface area contributed by atoms with Crippen LogP contribution in [0.25, 0.3) is 0 Å². The molecule has 0 radical (unpaired) electrons. The molecular weight excluding hydrogens is 302 g/mol. The number of halogens is 1. The average Bonchev–Trinajstić information content (AvgIpc) is 2.46. The molecule has 2 nitrogen and oxygen atoms in total. The van der Waals surface area contributed by atoms with E-state index in [9.17, 15) is 0 Å². The summed E-state index contributed by atoms with van der Waals surface area (Å²) in [6.07, 6.45) is 1.05. The molecule has 0 bridgehead atoms. The molecule has 0 unspecified atom stereocenters. The van der Waals surface area contributed by atoms with Crippen LogP contribution in [0.2, 0.25) is 0 Å². The predicted molar refractivity (Wildman–Crippen MR) is 83.8 cm³/mol. The first kappa shape index (κ1) is 13.9. The summed E-state index contributed by atoms with van der Waals surface area (Å²) in [7, 11) is 1.69. The Bertz CT molecular complexity index is 554. The molecule has 0 aromatic heterocycles. The lowest BCUT2D eigenvalue weighted by Gasteiger charge is -2.10. The summed E-state index contributed by atoms with van der Waals surface area (Å²) in [4.78, 5) is 0. The van der Waals surface area contributed by atoms with Gasteiger partial charge in [-0.15, -0.1) is 0 Å². The normalized spacial score (nSPS) is 10.3. The van der Waals surface area contributed by atoms with Gasteiger partial charge in [-0.3, -0.25) is 0 Å². The van der Waals surface area contributed by atoms with Crippen LogP contribution in [0.3, 0.4) is 0 Å². The van der Waals surface area contributed by atoms with E-state index in [1.807, 2.05) is 18.2 Å². The minimum atomic E-state index is 0.769. The zero-order chi connectivity index (χ0) is 13.7. The lowest BCUT2D eigenvalue weighted by molar-refractivity contribution is 0.414. The van der Waals surface area contributed by atoms with Gasteiger partial charge in [-0.05, 0) is 47.9 Å². The van der Waals surface area contributed by atoms with Gasteiger partial charge >= 0.3 is 0 Å². The Morgan fingerprint density at radius 2 is 2.00 bits per heavy atom. The molecule has 2 aromatic carbocycles. The lowest BCUT2D eigenvalue weighted by atomic mass is 10.1. The molecule has 19 heavy (non-hydrogen) atoms. The standard InChI is InChI=1S/C16H18BrNO/c1-3-12-5-4-6-14(9-12)18-11-13-10-15(19-2)7-8-16(13)17/h4-10,18H,3,11H2,1-2H3. The van der Waals surface area contributed by atoms with Crippen LogP contribution in [-0.4, -0.2) is 7.11 Å². The number of ether oxygens (including phenoxy) is 1. The Balaban J connectivity index is 2.09. The first-order chi connectivity index (χ1) is 9.22. The summed E-state index contributed by atoms with van der Waals surface area (Å²) in [5.74, 6) is 0.877. The maximum Gasteiger partial charge on any atom is 0.119 e. The van der Waals surface area contributed by atoms with E-state index in [-0.39, 0.29) is 0 Å². The van der Waals surface area contributed by atoms with Crippen LogP contribution in [-0.2, 0) is 13.0 Å². The average molecular weight is 320 g/mol. The summed E-state index contributed by atoms with van der Waals surface area (Å²) >= 11 is 3.57. The monoisotopic (exact) mass is 319 g/mol. The minimum absolute atomic E-state index is 0.769. The number of rotatable bonds is 5. The Kier molecular flexibility index (Phi) is 4.86. The molecule has 0 aliphatic heterocycles. The quantitative estimate of drug-likeness (QED) is 0.867. The highest BCUT2D eigenvalue weighted by molar-refractivity contribution is 9.10. The van der Waals surface area contributed by atoms with Crippen molar-refractivity contribution < 1.29 is 4.74 Å². The van der Waals surface area contributed by atoms with Crippen molar-refractivity contribution >= 4 is 21.6 Å². The van der Waals surface area contributed by atoms with E-state index in [0.29, 0.717) is 0 Å². The molecule has 1 N–H and O–H groups in total. The first-order valence-corrected chi connectivity index (χ1v) is 7.17. The number of hydrogen-bond acceptors (Lipinski definition) is 2. The van der Waals surface area contributed by atoms with Gasteiger partial charge in [0, 0.05) is 16.7 Å². The molecule has 0 amide bonds. The van der Waals surface area contributed by atoms with Gasteiger partial charge in [-0.1, -0.05) is 35.0 Å². The molecule has 0 saturated carbocycles. The molecule has 2 rings (SSSR count). The Morgan fingerprint density at radius 1 is 1.16 bits per heavy atom.